The quantitative estimate of drug-likeness (QED) is 0.820. The van der Waals surface area contributed by atoms with E-state index in [1.807, 2.05) is 11.0 Å². The SMILES string of the molecule is O=C(C1CCC1)N1CCCc2cc(S(=O)(=O)N3CCOCC3)ccc21. The van der Waals surface area contributed by atoms with E-state index >= 15 is 0 Å². The number of ether oxygens (including phenoxy) is 1. The van der Waals surface area contributed by atoms with E-state index in [0.717, 1.165) is 49.9 Å². The maximum atomic E-state index is 12.8. The van der Waals surface area contributed by atoms with Crippen LogP contribution in [-0.2, 0) is 26.0 Å². The second-order valence-electron chi connectivity index (χ2n) is 7.03. The van der Waals surface area contributed by atoms with Gasteiger partial charge in [-0.2, -0.15) is 4.31 Å². The number of carbonyl (C=O) groups excluding carboxylic acids is 1. The lowest BCUT2D eigenvalue weighted by molar-refractivity contribution is -0.124. The highest BCUT2D eigenvalue weighted by molar-refractivity contribution is 7.89. The van der Waals surface area contributed by atoms with Crippen molar-refractivity contribution < 1.29 is 17.9 Å². The van der Waals surface area contributed by atoms with Crippen LogP contribution >= 0.6 is 0 Å². The lowest BCUT2D eigenvalue weighted by atomic mass is 9.83. The van der Waals surface area contributed by atoms with Gasteiger partial charge in [0.05, 0.1) is 18.1 Å². The fraction of sp³-hybridized carbons (Fsp3) is 0.611. The monoisotopic (exact) mass is 364 g/mol. The molecule has 0 radical (unpaired) electrons. The number of nitrogens with zero attached hydrogens (tertiary/aromatic N) is 2. The van der Waals surface area contributed by atoms with Gasteiger partial charge >= 0.3 is 0 Å². The molecule has 0 spiro atoms. The van der Waals surface area contributed by atoms with Gasteiger partial charge in [-0.25, -0.2) is 8.42 Å². The number of morpholine rings is 1. The van der Waals surface area contributed by atoms with Crippen LogP contribution in [0.3, 0.4) is 0 Å². The lowest BCUT2D eigenvalue weighted by Gasteiger charge is -2.35. The lowest BCUT2D eigenvalue weighted by Crippen LogP contribution is -2.42. The second-order valence-corrected chi connectivity index (χ2v) is 8.97. The number of amides is 1. The molecule has 2 aliphatic heterocycles. The number of sulfonamides is 1. The van der Waals surface area contributed by atoms with Crippen molar-refractivity contribution >= 4 is 21.6 Å². The van der Waals surface area contributed by atoms with E-state index in [4.69, 9.17) is 4.74 Å². The van der Waals surface area contributed by atoms with E-state index in [9.17, 15) is 13.2 Å². The van der Waals surface area contributed by atoms with Crippen LogP contribution in [0.2, 0.25) is 0 Å². The smallest absolute Gasteiger partial charge is 0.243 e. The van der Waals surface area contributed by atoms with E-state index in [1.165, 1.54) is 4.31 Å². The molecule has 4 rings (SSSR count). The van der Waals surface area contributed by atoms with E-state index in [-0.39, 0.29) is 11.8 Å². The Bertz CT molecular complexity index is 767. The summed E-state index contributed by atoms with van der Waals surface area (Å²) in [6, 6.07) is 5.23. The molecule has 1 saturated carbocycles. The Labute approximate surface area is 148 Å². The van der Waals surface area contributed by atoms with E-state index in [1.54, 1.807) is 12.1 Å². The molecule has 0 N–H and O–H groups in total. The van der Waals surface area contributed by atoms with Crippen molar-refractivity contribution in [2.75, 3.05) is 37.7 Å². The Hall–Kier alpha value is -1.44. The molecule has 0 aromatic heterocycles. The van der Waals surface area contributed by atoms with E-state index < -0.39 is 10.0 Å². The first-order valence-corrected chi connectivity index (χ1v) is 10.5. The zero-order valence-corrected chi connectivity index (χ0v) is 15.1. The summed E-state index contributed by atoms with van der Waals surface area (Å²) in [7, 11) is -3.49. The van der Waals surface area contributed by atoms with Crippen molar-refractivity contribution in [1.29, 1.82) is 0 Å². The number of hydrogen-bond acceptors (Lipinski definition) is 4. The molecular weight excluding hydrogens is 340 g/mol. The molecule has 7 heteroatoms. The number of rotatable bonds is 3. The van der Waals surface area contributed by atoms with E-state index in [2.05, 4.69) is 0 Å². The number of benzene rings is 1. The van der Waals surface area contributed by atoms with Gasteiger partial charge in [0.25, 0.3) is 0 Å². The highest BCUT2D eigenvalue weighted by Gasteiger charge is 2.33. The first-order chi connectivity index (χ1) is 12.1. The third-order valence-electron chi connectivity index (χ3n) is 5.50. The fourth-order valence-electron chi connectivity index (χ4n) is 3.77. The van der Waals surface area contributed by atoms with Crippen LogP contribution in [0.1, 0.15) is 31.2 Å². The first kappa shape index (κ1) is 17.0. The summed E-state index contributed by atoms with van der Waals surface area (Å²) >= 11 is 0. The Balaban J connectivity index is 1.62. The van der Waals surface area contributed by atoms with Gasteiger partial charge in [-0.15, -0.1) is 0 Å². The number of hydrogen-bond donors (Lipinski definition) is 0. The highest BCUT2D eigenvalue weighted by Crippen LogP contribution is 2.35. The number of fused-ring (bicyclic) bond motifs is 1. The third kappa shape index (κ3) is 3.09. The Kier molecular flexibility index (Phi) is 4.56. The largest absolute Gasteiger partial charge is 0.379 e. The second kappa shape index (κ2) is 6.70. The van der Waals surface area contributed by atoms with Crippen molar-refractivity contribution in [1.82, 2.24) is 4.31 Å². The molecule has 1 aromatic rings. The molecule has 1 aliphatic carbocycles. The molecular formula is C18H24N2O4S. The van der Waals surface area contributed by atoms with Crippen LogP contribution in [0.5, 0.6) is 0 Å². The minimum Gasteiger partial charge on any atom is -0.379 e. The topological polar surface area (TPSA) is 66.9 Å². The highest BCUT2D eigenvalue weighted by atomic mass is 32.2. The molecule has 0 bridgehead atoms. The molecule has 3 aliphatic rings. The molecule has 0 atom stereocenters. The zero-order valence-electron chi connectivity index (χ0n) is 14.3. The van der Waals surface area contributed by atoms with Crippen LogP contribution in [0.15, 0.2) is 23.1 Å². The molecule has 1 amide bonds. The molecule has 1 aromatic carbocycles. The summed E-state index contributed by atoms with van der Waals surface area (Å²) in [4.78, 5) is 14.9. The standard InChI is InChI=1S/C18H24N2O4S/c21-18(14-3-1-4-14)20-8-2-5-15-13-16(6-7-17(15)20)25(22,23)19-9-11-24-12-10-19/h6-7,13-14H,1-5,8-12H2. The van der Waals surface area contributed by atoms with Crippen LogP contribution in [0, 0.1) is 5.92 Å². The predicted octanol–water partition coefficient (Wildman–Crippen LogP) is 1.79. The summed E-state index contributed by atoms with van der Waals surface area (Å²) in [5.41, 5.74) is 1.86. The van der Waals surface area contributed by atoms with Crippen molar-refractivity contribution in [3.63, 3.8) is 0 Å². The Morgan fingerprint density at radius 1 is 1.08 bits per heavy atom. The van der Waals surface area contributed by atoms with Crippen LogP contribution in [0.25, 0.3) is 0 Å². The van der Waals surface area contributed by atoms with Crippen LogP contribution in [-0.4, -0.2) is 51.5 Å². The minimum absolute atomic E-state index is 0.155. The van der Waals surface area contributed by atoms with Crippen molar-refractivity contribution in [2.45, 2.75) is 37.0 Å². The zero-order chi connectivity index (χ0) is 17.4. The van der Waals surface area contributed by atoms with Gasteiger partial charge in [0, 0.05) is 31.2 Å². The molecule has 2 heterocycles. The summed E-state index contributed by atoms with van der Waals surface area (Å²) in [6.45, 7) is 2.40. The van der Waals surface area contributed by atoms with Crippen LogP contribution in [0.4, 0.5) is 5.69 Å². The minimum atomic E-state index is -3.49. The first-order valence-electron chi connectivity index (χ1n) is 9.09. The van der Waals surface area contributed by atoms with Crippen molar-refractivity contribution in [3.8, 4) is 0 Å². The summed E-state index contributed by atoms with van der Waals surface area (Å²) < 4.78 is 32.4. The maximum Gasteiger partial charge on any atom is 0.243 e. The summed E-state index contributed by atoms with van der Waals surface area (Å²) in [6.07, 6.45) is 4.79. The summed E-state index contributed by atoms with van der Waals surface area (Å²) in [5.74, 6) is 0.360. The van der Waals surface area contributed by atoms with Crippen molar-refractivity contribution in [3.05, 3.63) is 23.8 Å². The average molecular weight is 364 g/mol. The molecule has 1 saturated heterocycles. The Morgan fingerprint density at radius 3 is 2.52 bits per heavy atom. The maximum absolute atomic E-state index is 12.8. The van der Waals surface area contributed by atoms with Gasteiger partial charge in [0.2, 0.25) is 15.9 Å². The predicted molar refractivity (Wildman–Crippen MR) is 94.0 cm³/mol. The summed E-state index contributed by atoms with van der Waals surface area (Å²) in [5, 5.41) is 0. The van der Waals surface area contributed by atoms with Gasteiger partial charge in [0.15, 0.2) is 0 Å². The van der Waals surface area contributed by atoms with E-state index in [0.29, 0.717) is 31.2 Å². The van der Waals surface area contributed by atoms with Gasteiger partial charge < -0.3 is 9.64 Å². The van der Waals surface area contributed by atoms with Crippen molar-refractivity contribution in [2.24, 2.45) is 5.92 Å². The van der Waals surface area contributed by atoms with Gasteiger partial charge in [-0.3, -0.25) is 4.79 Å². The number of aryl methyl sites for hydroxylation is 1. The Morgan fingerprint density at radius 2 is 1.84 bits per heavy atom. The fourth-order valence-corrected chi connectivity index (χ4v) is 5.23. The average Bonchev–Trinajstić information content (AvgIpc) is 2.60. The normalized spacial score (nSPS) is 22.3. The third-order valence-corrected chi connectivity index (χ3v) is 7.39. The number of carbonyl (C=O) groups is 1. The molecule has 25 heavy (non-hydrogen) atoms. The molecule has 2 fully saturated rings. The van der Waals surface area contributed by atoms with Gasteiger partial charge in [0.1, 0.15) is 0 Å². The van der Waals surface area contributed by atoms with Crippen LogP contribution < -0.4 is 4.90 Å². The molecule has 6 nitrogen and oxygen atoms in total. The van der Waals surface area contributed by atoms with Gasteiger partial charge in [-0.1, -0.05) is 6.42 Å². The molecule has 0 unspecified atom stereocenters. The molecule has 136 valence electrons. The number of anilines is 1. The van der Waals surface area contributed by atoms with Gasteiger partial charge in [-0.05, 0) is 49.4 Å².